The van der Waals surface area contributed by atoms with E-state index in [1.165, 1.54) is 10.0 Å². The third-order valence-corrected chi connectivity index (χ3v) is 2.43. The van der Waals surface area contributed by atoms with Gasteiger partial charge < -0.3 is 0 Å². The Morgan fingerprint density at radius 2 is 1.94 bits per heavy atom. The van der Waals surface area contributed by atoms with E-state index in [2.05, 4.69) is 10.5 Å². The molecule has 1 aliphatic rings. The number of carbonyl (C=O) groups excluding carboxylic acids is 1. The van der Waals surface area contributed by atoms with Crippen LogP contribution in [-0.4, -0.2) is 35.5 Å². The molecule has 0 atom stereocenters. The maximum absolute atomic E-state index is 11.7. The molecular weight excluding hydrogens is 216 g/mol. The molecule has 5 heteroatoms. The van der Waals surface area contributed by atoms with Crippen LogP contribution in [0, 0.1) is 0 Å². The molecule has 0 aliphatic carbocycles. The van der Waals surface area contributed by atoms with Crippen LogP contribution in [0.5, 0.6) is 0 Å². The fraction of sp³-hybridized carbons (Fsp3) is 0.333. The number of benzene rings is 1. The first-order chi connectivity index (χ1) is 8.22. The van der Waals surface area contributed by atoms with Crippen molar-refractivity contribution in [1.29, 1.82) is 0 Å². The lowest BCUT2D eigenvalue weighted by molar-refractivity contribution is 0.141. The van der Waals surface area contributed by atoms with E-state index < -0.39 is 0 Å². The number of amides is 2. The Labute approximate surface area is 101 Å². The first-order valence-electron chi connectivity index (χ1n) is 5.63. The molecule has 0 fully saturated rings. The van der Waals surface area contributed by atoms with Crippen LogP contribution in [0.2, 0.25) is 0 Å². The number of urea groups is 1. The Kier molecular flexibility index (Phi) is 3.27. The number of carbonyl (C=O) groups is 1. The zero-order valence-electron chi connectivity index (χ0n) is 10.00. The van der Waals surface area contributed by atoms with Crippen LogP contribution in [0.4, 0.5) is 4.79 Å². The van der Waals surface area contributed by atoms with Crippen molar-refractivity contribution in [2.45, 2.75) is 13.3 Å². The molecule has 0 saturated heterocycles. The highest BCUT2D eigenvalue weighted by molar-refractivity contribution is 6.01. The number of hydrogen-bond acceptors (Lipinski definition) is 2. The summed E-state index contributed by atoms with van der Waals surface area (Å²) in [7, 11) is 1.64. The largest absolute Gasteiger partial charge is 0.360 e. The van der Waals surface area contributed by atoms with E-state index in [0.29, 0.717) is 12.4 Å². The summed E-state index contributed by atoms with van der Waals surface area (Å²) in [6.07, 6.45) is 0.866. The molecule has 1 heterocycles. The Hall–Kier alpha value is -2.04. The second kappa shape index (κ2) is 4.86. The average molecular weight is 231 g/mol. The number of rotatable bonds is 3. The first kappa shape index (κ1) is 11.4. The third kappa shape index (κ3) is 2.38. The second-order valence-electron chi connectivity index (χ2n) is 3.82. The van der Waals surface area contributed by atoms with Crippen LogP contribution in [0.1, 0.15) is 18.9 Å². The molecule has 0 N–H and O–H groups in total. The standard InChI is InChI=1S/C12H15N4O/c1-3-9-16-12(17)15(2)13-11(14-16)10-7-5-4-6-8-10/h4-8H,3,9H2,1-2H3. The van der Waals surface area contributed by atoms with Gasteiger partial charge in [-0.2, -0.15) is 0 Å². The summed E-state index contributed by atoms with van der Waals surface area (Å²) in [4.78, 5) is 11.7. The fourth-order valence-corrected chi connectivity index (χ4v) is 1.59. The molecular formula is C12H15N4O. The highest BCUT2D eigenvalue weighted by Gasteiger charge is 2.26. The Morgan fingerprint density at radius 3 is 2.59 bits per heavy atom. The molecule has 1 aromatic rings. The summed E-state index contributed by atoms with van der Waals surface area (Å²) in [6.45, 7) is 2.62. The van der Waals surface area contributed by atoms with Crippen LogP contribution in [-0.2, 0) is 0 Å². The summed E-state index contributed by atoms with van der Waals surface area (Å²) < 4.78 is 0. The normalized spacial score (nSPS) is 15.6. The van der Waals surface area contributed by atoms with Crippen LogP contribution in [0.15, 0.2) is 35.4 Å². The monoisotopic (exact) mass is 231 g/mol. The van der Waals surface area contributed by atoms with Gasteiger partial charge in [-0.3, -0.25) is 0 Å². The number of nitrogens with zero attached hydrogens (tertiary/aromatic N) is 4. The third-order valence-electron chi connectivity index (χ3n) is 2.43. The van der Waals surface area contributed by atoms with Gasteiger partial charge in [-0.05, 0) is 6.42 Å². The maximum Gasteiger partial charge on any atom is 0.360 e. The van der Waals surface area contributed by atoms with Gasteiger partial charge in [-0.25, -0.2) is 14.8 Å². The number of hydrogen-bond donors (Lipinski definition) is 0. The predicted molar refractivity (Wildman–Crippen MR) is 65.3 cm³/mol. The lowest BCUT2D eigenvalue weighted by atomic mass is 10.2. The molecule has 2 amide bonds. The minimum Gasteiger partial charge on any atom is -0.244 e. The Balaban J connectivity index is 2.25. The molecule has 2 rings (SSSR count). The Bertz CT molecular complexity index is 429. The smallest absolute Gasteiger partial charge is 0.244 e. The highest BCUT2D eigenvalue weighted by atomic mass is 16.2. The molecule has 0 spiro atoms. The van der Waals surface area contributed by atoms with Gasteiger partial charge in [0.15, 0.2) is 5.84 Å². The van der Waals surface area contributed by atoms with Crippen molar-refractivity contribution >= 4 is 11.9 Å². The molecule has 89 valence electrons. The molecule has 0 unspecified atom stereocenters. The molecule has 1 aliphatic heterocycles. The van der Waals surface area contributed by atoms with Crippen LogP contribution < -0.4 is 5.43 Å². The van der Waals surface area contributed by atoms with E-state index >= 15 is 0 Å². The molecule has 17 heavy (non-hydrogen) atoms. The zero-order chi connectivity index (χ0) is 12.3. The van der Waals surface area contributed by atoms with Crippen molar-refractivity contribution in [3.63, 3.8) is 0 Å². The summed E-state index contributed by atoms with van der Waals surface area (Å²) in [6, 6.07) is 9.45. The topological polar surface area (TPSA) is 50.0 Å². The van der Waals surface area contributed by atoms with Gasteiger partial charge in [0.2, 0.25) is 0 Å². The minimum atomic E-state index is -0.188. The summed E-state index contributed by atoms with van der Waals surface area (Å²) in [5.74, 6) is 0.571. The van der Waals surface area contributed by atoms with Gasteiger partial charge in [-0.15, -0.1) is 10.5 Å². The van der Waals surface area contributed by atoms with Crippen molar-refractivity contribution in [2.24, 2.45) is 5.10 Å². The Morgan fingerprint density at radius 1 is 1.24 bits per heavy atom. The van der Waals surface area contributed by atoms with Gasteiger partial charge in [0, 0.05) is 19.2 Å². The van der Waals surface area contributed by atoms with Gasteiger partial charge in [0.1, 0.15) is 0 Å². The van der Waals surface area contributed by atoms with E-state index in [0.717, 1.165) is 12.0 Å². The van der Waals surface area contributed by atoms with Crippen molar-refractivity contribution in [3.8, 4) is 0 Å². The molecule has 0 aromatic heterocycles. The van der Waals surface area contributed by atoms with Gasteiger partial charge >= 0.3 is 6.03 Å². The predicted octanol–water partition coefficient (Wildman–Crippen LogP) is 1.65. The quantitative estimate of drug-likeness (QED) is 0.780. The highest BCUT2D eigenvalue weighted by Crippen LogP contribution is 2.09. The van der Waals surface area contributed by atoms with E-state index in [4.69, 9.17) is 0 Å². The fourth-order valence-electron chi connectivity index (χ4n) is 1.59. The second-order valence-corrected chi connectivity index (χ2v) is 3.82. The van der Waals surface area contributed by atoms with Gasteiger partial charge in [0.25, 0.3) is 0 Å². The molecule has 5 nitrogen and oxygen atoms in total. The summed E-state index contributed by atoms with van der Waals surface area (Å²) in [5.41, 5.74) is 5.18. The van der Waals surface area contributed by atoms with Crippen molar-refractivity contribution in [3.05, 3.63) is 35.9 Å². The van der Waals surface area contributed by atoms with E-state index in [-0.39, 0.29) is 6.03 Å². The molecule has 0 saturated carbocycles. The van der Waals surface area contributed by atoms with Crippen molar-refractivity contribution in [2.75, 3.05) is 13.6 Å². The van der Waals surface area contributed by atoms with Crippen LogP contribution in [0.25, 0.3) is 0 Å². The van der Waals surface area contributed by atoms with Crippen molar-refractivity contribution < 1.29 is 4.79 Å². The van der Waals surface area contributed by atoms with E-state index in [1.54, 1.807) is 7.05 Å². The maximum atomic E-state index is 11.7. The lowest BCUT2D eigenvalue weighted by Crippen LogP contribution is -2.50. The van der Waals surface area contributed by atoms with E-state index in [1.807, 2.05) is 37.3 Å². The molecule has 1 radical (unpaired) electrons. The van der Waals surface area contributed by atoms with Gasteiger partial charge in [0.05, 0.1) is 0 Å². The number of amidine groups is 1. The minimum absolute atomic E-state index is 0.188. The lowest BCUT2D eigenvalue weighted by Gasteiger charge is -2.29. The first-order valence-corrected chi connectivity index (χ1v) is 5.63. The SMILES string of the molecule is CCCN1[N]C(c2ccccc2)=NN(C)C1=O. The summed E-state index contributed by atoms with van der Waals surface area (Å²) in [5, 5.41) is 6.94. The van der Waals surface area contributed by atoms with Gasteiger partial charge in [-0.1, -0.05) is 37.3 Å². The van der Waals surface area contributed by atoms with Crippen LogP contribution >= 0.6 is 0 Å². The number of hydrazone groups is 1. The molecule has 1 aromatic carbocycles. The van der Waals surface area contributed by atoms with Crippen molar-refractivity contribution in [1.82, 2.24) is 15.4 Å². The molecule has 0 bridgehead atoms. The van der Waals surface area contributed by atoms with Crippen LogP contribution in [0.3, 0.4) is 0 Å². The van der Waals surface area contributed by atoms with E-state index in [9.17, 15) is 4.79 Å². The summed E-state index contributed by atoms with van der Waals surface area (Å²) >= 11 is 0. The zero-order valence-corrected chi connectivity index (χ0v) is 10.00. The average Bonchev–Trinajstić information content (AvgIpc) is 2.36.